The van der Waals surface area contributed by atoms with E-state index in [1.54, 1.807) is 0 Å². The fourth-order valence-corrected chi connectivity index (χ4v) is 2.83. The molecule has 2 aromatic carbocycles. The van der Waals surface area contributed by atoms with Crippen molar-refractivity contribution in [2.75, 3.05) is 10.6 Å². The Labute approximate surface area is 153 Å². The second-order valence-electron chi connectivity index (χ2n) is 5.97. The lowest BCUT2D eigenvalue weighted by atomic mass is 10.1. The third kappa shape index (κ3) is 4.67. The molecule has 2 N–H and O–H groups in total. The number of aromatic nitrogens is 2. The van der Waals surface area contributed by atoms with E-state index in [2.05, 4.69) is 59.9 Å². The topological polar surface area (TPSA) is 41.9 Å². The second-order valence-corrected chi connectivity index (χ2v) is 6.38. The Morgan fingerprint density at radius 1 is 1.04 bits per heavy atom. The summed E-state index contributed by atoms with van der Waals surface area (Å²) in [4.78, 5) is 0. The first-order chi connectivity index (χ1) is 12.1. The number of para-hydroxylation sites is 1. The van der Waals surface area contributed by atoms with Gasteiger partial charge in [-0.15, -0.1) is 0 Å². The van der Waals surface area contributed by atoms with Gasteiger partial charge in [0.1, 0.15) is 0 Å². The molecule has 25 heavy (non-hydrogen) atoms. The predicted molar refractivity (Wildman–Crippen MR) is 108 cm³/mol. The highest BCUT2D eigenvalue weighted by Crippen LogP contribution is 2.16. The molecule has 0 aliphatic rings. The number of thiocarbonyl (C=S) groups is 1. The maximum atomic E-state index is 5.41. The van der Waals surface area contributed by atoms with Crippen molar-refractivity contribution in [2.24, 2.45) is 0 Å². The molecule has 0 unspecified atom stereocenters. The van der Waals surface area contributed by atoms with Crippen LogP contribution in [0.1, 0.15) is 23.6 Å². The Bertz CT molecular complexity index is 852. The smallest absolute Gasteiger partial charge is 0.176 e. The van der Waals surface area contributed by atoms with Crippen molar-refractivity contribution >= 4 is 28.8 Å². The molecule has 0 radical (unpaired) electrons. The van der Waals surface area contributed by atoms with E-state index in [1.807, 2.05) is 35.1 Å². The van der Waals surface area contributed by atoms with Crippen LogP contribution in [0.15, 0.2) is 60.8 Å². The van der Waals surface area contributed by atoms with E-state index in [4.69, 9.17) is 12.2 Å². The van der Waals surface area contributed by atoms with Gasteiger partial charge in [0.25, 0.3) is 0 Å². The van der Waals surface area contributed by atoms with Crippen LogP contribution < -0.4 is 10.6 Å². The third-order valence-electron chi connectivity index (χ3n) is 3.99. The fraction of sp³-hybridized carbons (Fsp3) is 0.200. The first-order valence-corrected chi connectivity index (χ1v) is 8.80. The van der Waals surface area contributed by atoms with Gasteiger partial charge in [-0.2, -0.15) is 5.10 Å². The van der Waals surface area contributed by atoms with Crippen molar-refractivity contribution in [1.82, 2.24) is 9.78 Å². The van der Waals surface area contributed by atoms with Crippen molar-refractivity contribution < 1.29 is 0 Å². The molecule has 128 valence electrons. The monoisotopic (exact) mass is 350 g/mol. The summed E-state index contributed by atoms with van der Waals surface area (Å²) in [5.74, 6) is 0.735. The average molecular weight is 350 g/mol. The molecule has 3 rings (SSSR count). The molecule has 0 bridgehead atoms. The molecule has 0 spiro atoms. The highest BCUT2D eigenvalue weighted by atomic mass is 32.1. The summed E-state index contributed by atoms with van der Waals surface area (Å²) >= 11 is 5.41. The van der Waals surface area contributed by atoms with E-state index < -0.39 is 0 Å². The van der Waals surface area contributed by atoms with Crippen LogP contribution in [0.5, 0.6) is 0 Å². The molecule has 0 fully saturated rings. The molecule has 4 nitrogen and oxygen atoms in total. The number of anilines is 2. The van der Waals surface area contributed by atoms with Crippen LogP contribution in [0.4, 0.5) is 11.5 Å². The van der Waals surface area contributed by atoms with E-state index >= 15 is 0 Å². The van der Waals surface area contributed by atoms with Gasteiger partial charge < -0.3 is 10.6 Å². The minimum atomic E-state index is 0.543. The summed E-state index contributed by atoms with van der Waals surface area (Å²) < 4.78 is 1.90. The van der Waals surface area contributed by atoms with Crippen LogP contribution in [0.2, 0.25) is 0 Å². The second kappa shape index (κ2) is 7.94. The summed E-state index contributed by atoms with van der Waals surface area (Å²) in [7, 11) is 0. The number of rotatable bonds is 5. The van der Waals surface area contributed by atoms with Crippen LogP contribution in [-0.2, 0) is 13.0 Å². The third-order valence-corrected chi connectivity index (χ3v) is 4.20. The number of hydrogen-bond donors (Lipinski definition) is 2. The summed E-state index contributed by atoms with van der Waals surface area (Å²) in [6.45, 7) is 4.95. The Hall–Kier alpha value is -2.66. The zero-order valence-corrected chi connectivity index (χ0v) is 15.3. The van der Waals surface area contributed by atoms with Gasteiger partial charge in [-0.05, 0) is 42.8 Å². The molecule has 0 aliphatic carbocycles. The maximum Gasteiger partial charge on any atom is 0.176 e. The van der Waals surface area contributed by atoms with Gasteiger partial charge in [0.15, 0.2) is 10.9 Å². The van der Waals surface area contributed by atoms with Gasteiger partial charge in [0.05, 0.1) is 6.54 Å². The molecule has 3 aromatic rings. The summed E-state index contributed by atoms with van der Waals surface area (Å²) in [5.41, 5.74) is 4.74. The zero-order valence-electron chi connectivity index (χ0n) is 14.5. The standard InChI is InChI=1S/C20H22N4S/c1-3-17-6-4-5-7-18(17)21-20(25)22-19-12-13-24(23-19)14-16-10-8-15(2)9-11-16/h4-13H,3,14H2,1-2H3,(H2,21,22,23,25). The quantitative estimate of drug-likeness (QED) is 0.659. The minimum Gasteiger partial charge on any atom is -0.332 e. The highest BCUT2D eigenvalue weighted by Gasteiger charge is 2.05. The summed E-state index contributed by atoms with van der Waals surface area (Å²) in [6.07, 6.45) is 2.90. The predicted octanol–water partition coefficient (Wildman–Crippen LogP) is 4.61. The van der Waals surface area contributed by atoms with E-state index in [-0.39, 0.29) is 0 Å². The Morgan fingerprint density at radius 3 is 2.56 bits per heavy atom. The Balaban J connectivity index is 1.61. The molecule has 1 heterocycles. The van der Waals surface area contributed by atoms with Gasteiger partial charge in [0.2, 0.25) is 0 Å². The summed E-state index contributed by atoms with van der Waals surface area (Å²) in [5, 5.41) is 11.5. The molecular weight excluding hydrogens is 328 g/mol. The van der Waals surface area contributed by atoms with Crippen molar-refractivity contribution in [2.45, 2.75) is 26.8 Å². The summed E-state index contributed by atoms with van der Waals surface area (Å²) in [6, 6.07) is 18.6. The van der Waals surface area contributed by atoms with Crippen molar-refractivity contribution in [3.05, 3.63) is 77.5 Å². The molecule has 0 amide bonds. The molecule has 0 atom stereocenters. The van der Waals surface area contributed by atoms with Crippen molar-refractivity contribution in [3.63, 3.8) is 0 Å². The van der Waals surface area contributed by atoms with E-state index in [9.17, 15) is 0 Å². The lowest BCUT2D eigenvalue weighted by molar-refractivity contribution is 0.690. The van der Waals surface area contributed by atoms with Crippen molar-refractivity contribution in [3.8, 4) is 0 Å². The number of benzene rings is 2. The minimum absolute atomic E-state index is 0.543. The number of aryl methyl sites for hydroxylation is 2. The highest BCUT2D eigenvalue weighted by molar-refractivity contribution is 7.80. The number of nitrogens with one attached hydrogen (secondary N) is 2. The van der Waals surface area contributed by atoms with Gasteiger partial charge in [-0.3, -0.25) is 4.68 Å². The Kier molecular flexibility index (Phi) is 5.46. The molecule has 5 heteroatoms. The SMILES string of the molecule is CCc1ccccc1NC(=S)Nc1ccn(Cc2ccc(C)cc2)n1. The van der Waals surface area contributed by atoms with Gasteiger partial charge in [0, 0.05) is 18.0 Å². The van der Waals surface area contributed by atoms with Crippen LogP contribution in [0, 0.1) is 6.92 Å². The average Bonchev–Trinajstić information content (AvgIpc) is 3.04. The van der Waals surface area contributed by atoms with Gasteiger partial charge in [-0.25, -0.2) is 0 Å². The van der Waals surface area contributed by atoms with Crippen LogP contribution in [0.25, 0.3) is 0 Å². The van der Waals surface area contributed by atoms with Crippen LogP contribution in [-0.4, -0.2) is 14.9 Å². The molecule has 0 saturated heterocycles. The molecule has 0 saturated carbocycles. The van der Waals surface area contributed by atoms with E-state index in [1.165, 1.54) is 16.7 Å². The zero-order chi connectivity index (χ0) is 17.6. The molecule has 1 aromatic heterocycles. The number of nitrogens with zero attached hydrogens (tertiary/aromatic N) is 2. The molecule has 0 aliphatic heterocycles. The number of hydrogen-bond acceptors (Lipinski definition) is 2. The van der Waals surface area contributed by atoms with Crippen LogP contribution >= 0.6 is 12.2 Å². The maximum absolute atomic E-state index is 5.41. The molecular formula is C20H22N4S. The van der Waals surface area contributed by atoms with E-state index in [0.717, 1.165) is 24.5 Å². The first kappa shape index (κ1) is 17.2. The normalized spacial score (nSPS) is 10.5. The largest absolute Gasteiger partial charge is 0.332 e. The van der Waals surface area contributed by atoms with Crippen LogP contribution in [0.3, 0.4) is 0 Å². The Morgan fingerprint density at radius 2 is 1.80 bits per heavy atom. The van der Waals surface area contributed by atoms with Gasteiger partial charge >= 0.3 is 0 Å². The van der Waals surface area contributed by atoms with Gasteiger partial charge in [-0.1, -0.05) is 55.0 Å². The lowest BCUT2D eigenvalue weighted by Gasteiger charge is -2.12. The van der Waals surface area contributed by atoms with E-state index in [0.29, 0.717) is 5.11 Å². The fourth-order valence-electron chi connectivity index (χ4n) is 2.62. The van der Waals surface area contributed by atoms with Crippen molar-refractivity contribution in [1.29, 1.82) is 0 Å². The first-order valence-electron chi connectivity index (χ1n) is 8.39. The lowest BCUT2D eigenvalue weighted by Crippen LogP contribution is -2.20.